The van der Waals surface area contributed by atoms with E-state index in [4.69, 9.17) is 14.6 Å². The third-order valence-electron chi connectivity index (χ3n) is 2.25. The minimum absolute atomic E-state index is 0.140. The van der Waals surface area contributed by atoms with Gasteiger partial charge in [-0.3, -0.25) is 4.79 Å². The van der Waals surface area contributed by atoms with Gasteiger partial charge in [-0.1, -0.05) is 20.8 Å². The molecule has 0 fully saturated rings. The average molecular weight is 247 g/mol. The monoisotopic (exact) mass is 247 g/mol. The number of ether oxygens (including phenoxy) is 2. The van der Waals surface area contributed by atoms with Crippen LogP contribution in [0.1, 0.15) is 27.7 Å². The lowest BCUT2D eigenvalue weighted by Gasteiger charge is -2.25. The highest BCUT2D eigenvalue weighted by atomic mass is 16.5. The first-order chi connectivity index (χ1) is 7.92. The molecule has 0 aromatic heterocycles. The molecule has 0 heterocycles. The molecule has 0 aliphatic carbocycles. The normalized spacial score (nSPS) is 14.9. The summed E-state index contributed by atoms with van der Waals surface area (Å²) in [6.07, 6.45) is 0. The molecule has 1 atom stereocenters. The van der Waals surface area contributed by atoms with Gasteiger partial charge in [0.25, 0.3) is 0 Å². The van der Waals surface area contributed by atoms with Crippen molar-refractivity contribution in [3.63, 3.8) is 0 Å². The van der Waals surface area contributed by atoms with Crippen molar-refractivity contribution in [3.05, 3.63) is 0 Å². The molecule has 102 valence electrons. The Morgan fingerprint density at radius 3 is 2.41 bits per heavy atom. The van der Waals surface area contributed by atoms with Gasteiger partial charge in [0.15, 0.2) is 0 Å². The average Bonchev–Trinajstić information content (AvgIpc) is 2.23. The highest BCUT2D eigenvalue weighted by Gasteiger charge is 2.32. The van der Waals surface area contributed by atoms with Crippen molar-refractivity contribution in [2.24, 2.45) is 5.92 Å². The van der Waals surface area contributed by atoms with Crippen LogP contribution in [0, 0.1) is 5.92 Å². The first-order valence-electron chi connectivity index (χ1n) is 6.06. The molecule has 0 aromatic carbocycles. The molecule has 0 aliphatic rings. The largest absolute Gasteiger partial charge is 0.480 e. The Morgan fingerprint density at radius 1 is 1.35 bits per heavy atom. The Labute approximate surface area is 103 Å². The van der Waals surface area contributed by atoms with E-state index in [1.807, 2.05) is 6.92 Å². The van der Waals surface area contributed by atoms with Crippen molar-refractivity contribution < 1.29 is 19.4 Å². The summed E-state index contributed by atoms with van der Waals surface area (Å²) in [5, 5.41) is 12.0. The molecule has 0 bridgehead atoms. The van der Waals surface area contributed by atoms with E-state index >= 15 is 0 Å². The lowest BCUT2D eigenvalue weighted by Crippen LogP contribution is -2.53. The zero-order valence-electron chi connectivity index (χ0n) is 11.3. The van der Waals surface area contributed by atoms with Crippen molar-refractivity contribution >= 4 is 5.97 Å². The number of hydrogen-bond donors (Lipinski definition) is 2. The molecule has 0 saturated carbocycles. The Morgan fingerprint density at radius 2 is 1.94 bits per heavy atom. The molecule has 5 nitrogen and oxygen atoms in total. The van der Waals surface area contributed by atoms with E-state index in [0.717, 1.165) is 0 Å². The van der Waals surface area contributed by atoms with Gasteiger partial charge in [0.1, 0.15) is 5.54 Å². The Balaban J connectivity index is 3.73. The van der Waals surface area contributed by atoms with Crippen molar-refractivity contribution in [3.8, 4) is 0 Å². The molecule has 17 heavy (non-hydrogen) atoms. The van der Waals surface area contributed by atoms with E-state index in [0.29, 0.717) is 32.3 Å². The summed E-state index contributed by atoms with van der Waals surface area (Å²) in [6.45, 7) is 9.99. The molecule has 0 rings (SSSR count). The number of carboxylic acid groups (broad SMARTS) is 1. The number of carboxylic acids is 1. The fraction of sp³-hybridized carbons (Fsp3) is 0.917. The van der Waals surface area contributed by atoms with E-state index in [9.17, 15) is 4.79 Å². The summed E-state index contributed by atoms with van der Waals surface area (Å²) in [5.74, 6) is -0.400. The van der Waals surface area contributed by atoms with Crippen LogP contribution in [0.3, 0.4) is 0 Å². The molecule has 0 spiro atoms. The van der Waals surface area contributed by atoms with E-state index in [-0.39, 0.29) is 6.61 Å². The highest BCUT2D eigenvalue weighted by Crippen LogP contribution is 2.04. The molecule has 1 unspecified atom stereocenters. The van der Waals surface area contributed by atoms with Crippen LogP contribution in [-0.4, -0.2) is 49.6 Å². The predicted molar refractivity (Wildman–Crippen MR) is 66.2 cm³/mol. The van der Waals surface area contributed by atoms with Crippen LogP contribution in [0.25, 0.3) is 0 Å². The summed E-state index contributed by atoms with van der Waals surface area (Å²) in [6, 6.07) is 0. The van der Waals surface area contributed by atoms with E-state index in [1.165, 1.54) is 0 Å². The second kappa shape index (κ2) is 8.44. The van der Waals surface area contributed by atoms with Crippen LogP contribution in [-0.2, 0) is 14.3 Å². The van der Waals surface area contributed by atoms with E-state index < -0.39 is 11.5 Å². The van der Waals surface area contributed by atoms with Gasteiger partial charge in [-0.2, -0.15) is 0 Å². The van der Waals surface area contributed by atoms with Gasteiger partial charge >= 0.3 is 5.97 Å². The van der Waals surface area contributed by atoms with E-state index in [2.05, 4.69) is 19.2 Å². The topological polar surface area (TPSA) is 67.8 Å². The Bertz CT molecular complexity index is 221. The first-order valence-corrected chi connectivity index (χ1v) is 6.06. The quantitative estimate of drug-likeness (QED) is 0.566. The van der Waals surface area contributed by atoms with Crippen molar-refractivity contribution in [2.75, 3.05) is 33.0 Å². The smallest absolute Gasteiger partial charge is 0.326 e. The zero-order chi connectivity index (χ0) is 13.3. The van der Waals surface area contributed by atoms with Crippen LogP contribution < -0.4 is 5.32 Å². The molecule has 0 radical (unpaired) electrons. The fourth-order valence-corrected chi connectivity index (χ4v) is 1.29. The lowest BCUT2D eigenvalue weighted by atomic mass is 10.0. The molecule has 2 N–H and O–H groups in total. The van der Waals surface area contributed by atoms with Gasteiger partial charge in [-0.25, -0.2) is 0 Å². The molecule has 0 saturated heterocycles. The highest BCUT2D eigenvalue weighted by molar-refractivity contribution is 5.78. The third kappa shape index (κ3) is 7.31. The number of nitrogens with one attached hydrogen (secondary N) is 1. The second-order valence-corrected chi connectivity index (χ2v) is 4.69. The maximum Gasteiger partial charge on any atom is 0.326 e. The van der Waals surface area contributed by atoms with Crippen LogP contribution >= 0.6 is 0 Å². The van der Waals surface area contributed by atoms with Crippen LogP contribution in [0.5, 0.6) is 0 Å². The Hall–Kier alpha value is -0.650. The van der Waals surface area contributed by atoms with Crippen LogP contribution in [0.15, 0.2) is 0 Å². The fourth-order valence-electron chi connectivity index (χ4n) is 1.29. The van der Waals surface area contributed by atoms with Gasteiger partial charge in [0.05, 0.1) is 19.8 Å². The number of aliphatic carboxylic acids is 1. The molecule has 0 amide bonds. The van der Waals surface area contributed by atoms with Gasteiger partial charge in [0, 0.05) is 6.61 Å². The maximum absolute atomic E-state index is 11.0. The second-order valence-electron chi connectivity index (χ2n) is 4.69. The standard InChI is InChI=1S/C12H25NO4/c1-5-13-12(4,11(14)15)9-17-7-6-16-8-10(2)3/h10,13H,5-9H2,1-4H3,(H,14,15). The van der Waals surface area contributed by atoms with Crippen molar-refractivity contribution in [1.29, 1.82) is 0 Å². The molecule has 0 aliphatic heterocycles. The van der Waals surface area contributed by atoms with Gasteiger partial charge in [0.2, 0.25) is 0 Å². The van der Waals surface area contributed by atoms with Crippen LogP contribution in [0.4, 0.5) is 0 Å². The van der Waals surface area contributed by atoms with Gasteiger partial charge in [-0.15, -0.1) is 0 Å². The Kier molecular flexibility index (Phi) is 8.12. The summed E-state index contributed by atoms with van der Waals surface area (Å²) < 4.78 is 10.7. The lowest BCUT2D eigenvalue weighted by molar-refractivity contribution is -0.147. The number of carbonyl (C=O) groups is 1. The first kappa shape index (κ1) is 16.4. The SMILES string of the molecule is CCNC(C)(COCCOCC(C)C)C(=O)O. The minimum atomic E-state index is -1.02. The summed E-state index contributed by atoms with van der Waals surface area (Å²) in [7, 11) is 0. The van der Waals surface area contributed by atoms with Crippen molar-refractivity contribution in [1.82, 2.24) is 5.32 Å². The van der Waals surface area contributed by atoms with E-state index in [1.54, 1.807) is 6.92 Å². The zero-order valence-corrected chi connectivity index (χ0v) is 11.3. The number of hydrogen-bond acceptors (Lipinski definition) is 4. The minimum Gasteiger partial charge on any atom is -0.480 e. The summed E-state index contributed by atoms with van der Waals surface area (Å²) in [4.78, 5) is 11.0. The summed E-state index contributed by atoms with van der Waals surface area (Å²) >= 11 is 0. The third-order valence-corrected chi connectivity index (χ3v) is 2.25. The van der Waals surface area contributed by atoms with Gasteiger partial charge in [-0.05, 0) is 19.4 Å². The predicted octanol–water partition coefficient (Wildman–Crippen LogP) is 1.13. The van der Waals surface area contributed by atoms with Crippen molar-refractivity contribution in [2.45, 2.75) is 33.2 Å². The molecular weight excluding hydrogens is 222 g/mol. The maximum atomic E-state index is 11.0. The van der Waals surface area contributed by atoms with Crippen LogP contribution in [0.2, 0.25) is 0 Å². The molecule has 0 aromatic rings. The number of likely N-dealkylation sites (N-methyl/N-ethyl adjacent to an activating group) is 1. The molecule has 5 heteroatoms. The van der Waals surface area contributed by atoms with Gasteiger partial charge < -0.3 is 19.9 Å². The number of rotatable bonds is 10. The summed E-state index contributed by atoms with van der Waals surface area (Å²) in [5.41, 5.74) is -1.02. The molecular formula is C12H25NO4.